The Hall–Kier alpha value is -1.71. The average Bonchev–Trinajstić information content (AvgIpc) is 2.64. The Bertz CT molecular complexity index is 643. The molecule has 0 saturated carbocycles. The number of rotatable bonds is 4. The number of benzene rings is 1. The topological polar surface area (TPSA) is 42.1 Å². The summed E-state index contributed by atoms with van der Waals surface area (Å²) in [5.41, 5.74) is 4.12. The van der Waals surface area contributed by atoms with Crippen LogP contribution in [0.5, 0.6) is 0 Å². The molecule has 1 aromatic carbocycles. The van der Waals surface area contributed by atoms with Crippen LogP contribution in [0.3, 0.4) is 0 Å². The fourth-order valence-corrected chi connectivity index (χ4v) is 2.45. The van der Waals surface area contributed by atoms with Crippen molar-refractivity contribution in [3.8, 4) is 0 Å². The lowest BCUT2D eigenvalue weighted by Crippen LogP contribution is -2.24. The van der Waals surface area contributed by atoms with Crippen LogP contribution in [0, 0.1) is 12.3 Å². The van der Waals surface area contributed by atoms with Gasteiger partial charge in [0.05, 0.1) is 6.61 Å². The summed E-state index contributed by atoms with van der Waals surface area (Å²) in [5.74, 6) is -0.238. The number of aromatic nitrogens is 1. The number of carbonyl (C=O) groups is 1. The molecule has 0 bridgehead atoms. The normalized spacial score (nSPS) is 11.8. The van der Waals surface area contributed by atoms with Crippen LogP contribution >= 0.6 is 0 Å². The highest BCUT2D eigenvalue weighted by Crippen LogP contribution is 2.29. The molecule has 4 heteroatoms. The maximum atomic E-state index is 11.0. The molecule has 104 valence electrons. The number of carbonyl (C=O) groups excluding carboxylic acids is 1. The van der Waals surface area contributed by atoms with Crippen LogP contribution in [0.1, 0.15) is 32.0 Å². The van der Waals surface area contributed by atoms with E-state index in [1.807, 2.05) is 18.2 Å². The molecule has 1 aromatic heterocycles. The quantitative estimate of drug-likeness (QED) is 0.684. The molecule has 0 unspecified atom stereocenters. The minimum atomic E-state index is -0.238. The molecule has 3 nitrogen and oxygen atoms in total. The highest BCUT2D eigenvalue weighted by atomic mass is 16.5. The zero-order chi connectivity index (χ0) is 14.9. The van der Waals surface area contributed by atoms with E-state index in [1.54, 1.807) is 0 Å². The first-order valence-corrected chi connectivity index (χ1v) is 6.78. The van der Waals surface area contributed by atoms with Gasteiger partial charge in [0.25, 0.3) is 0 Å². The zero-order valence-corrected chi connectivity index (χ0v) is 12.5. The van der Waals surface area contributed by atoms with Gasteiger partial charge in [-0.2, -0.15) is 0 Å². The Balaban J connectivity index is 2.30. The van der Waals surface area contributed by atoms with E-state index in [0.717, 1.165) is 28.5 Å². The zero-order valence-electron chi connectivity index (χ0n) is 12.5. The SMILES string of the molecule is [B]c1ccc2[nH]c(C)c(CC(C)(C)COC(C)=O)c2c1. The van der Waals surface area contributed by atoms with Crippen molar-refractivity contribution in [1.82, 2.24) is 4.98 Å². The molecule has 0 saturated heterocycles. The van der Waals surface area contributed by atoms with Gasteiger partial charge in [-0.3, -0.25) is 4.79 Å². The lowest BCUT2D eigenvalue weighted by molar-refractivity contribution is -0.143. The monoisotopic (exact) mass is 269 g/mol. The molecule has 0 fully saturated rings. The second kappa shape index (κ2) is 5.35. The molecule has 2 radical (unpaired) electrons. The maximum Gasteiger partial charge on any atom is 0.302 e. The first-order valence-electron chi connectivity index (χ1n) is 6.78. The number of nitrogens with one attached hydrogen (secondary N) is 1. The van der Waals surface area contributed by atoms with Crippen molar-refractivity contribution in [2.75, 3.05) is 6.61 Å². The van der Waals surface area contributed by atoms with Gasteiger partial charge in [-0.25, -0.2) is 0 Å². The standard InChI is InChI=1S/C16H20BNO2/c1-10-14(8-16(3,4)9-20-11(2)19)13-7-12(17)5-6-15(13)18-10/h5-7,18H,8-9H2,1-4H3. The summed E-state index contributed by atoms with van der Waals surface area (Å²) in [6.07, 6.45) is 0.829. The molecule has 0 aliphatic heterocycles. The molecule has 0 aliphatic rings. The van der Waals surface area contributed by atoms with Crippen molar-refractivity contribution in [3.05, 3.63) is 29.5 Å². The number of aryl methyl sites for hydroxylation is 1. The molecule has 0 amide bonds. The first-order chi connectivity index (χ1) is 9.28. The van der Waals surface area contributed by atoms with E-state index < -0.39 is 0 Å². The van der Waals surface area contributed by atoms with Crippen LogP contribution < -0.4 is 5.46 Å². The third-order valence-corrected chi connectivity index (χ3v) is 3.47. The molecule has 2 aromatic rings. The Morgan fingerprint density at radius 1 is 1.40 bits per heavy atom. The minimum Gasteiger partial charge on any atom is -0.465 e. The number of ether oxygens (including phenoxy) is 1. The summed E-state index contributed by atoms with van der Waals surface area (Å²) in [7, 11) is 5.88. The van der Waals surface area contributed by atoms with Gasteiger partial charge >= 0.3 is 5.97 Å². The molecular formula is C16H20BNO2. The van der Waals surface area contributed by atoms with E-state index in [0.29, 0.717) is 6.61 Å². The third-order valence-electron chi connectivity index (χ3n) is 3.47. The van der Waals surface area contributed by atoms with E-state index >= 15 is 0 Å². The van der Waals surface area contributed by atoms with Crippen LogP contribution in [0.25, 0.3) is 10.9 Å². The number of aromatic amines is 1. The van der Waals surface area contributed by atoms with Gasteiger partial charge in [0.1, 0.15) is 7.85 Å². The second-order valence-corrected chi connectivity index (χ2v) is 6.15. The number of fused-ring (bicyclic) bond motifs is 1. The van der Waals surface area contributed by atoms with Crippen molar-refractivity contribution >= 4 is 30.2 Å². The highest BCUT2D eigenvalue weighted by Gasteiger charge is 2.23. The number of hydrogen-bond acceptors (Lipinski definition) is 2. The third kappa shape index (κ3) is 3.24. The number of esters is 1. The van der Waals surface area contributed by atoms with Gasteiger partial charge in [-0.05, 0) is 25.0 Å². The van der Waals surface area contributed by atoms with Gasteiger partial charge < -0.3 is 9.72 Å². The Kier molecular flexibility index (Phi) is 3.93. The first kappa shape index (κ1) is 14.7. The van der Waals surface area contributed by atoms with Crippen molar-refractivity contribution < 1.29 is 9.53 Å². The van der Waals surface area contributed by atoms with Crippen LogP contribution in [-0.2, 0) is 16.0 Å². The fraction of sp³-hybridized carbons (Fsp3) is 0.438. The molecule has 20 heavy (non-hydrogen) atoms. The van der Waals surface area contributed by atoms with Crippen molar-refractivity contribution in [2.24, 2.45) is 5.41 Å². The predicted octanol–water partition coefficient (Wildman–Crippen LogP) is 2.40. The van der Waals surface area contributed by atoms with Crippen molar-refractivity contribution in [1.29, 1.82) is 0 Å². The molecule has 0 aliphatic carbocycles. The van der Waals surface area contributed by atoms with E-state index in [1.165, 1.54) is 12.5 Å². The van der Waals surface area contributed by atoms with E-state index in [2.05, 4.69) is 25.8 Å². The van der Waals surface area contributed by atoms with E-state index in [4.69, 9.17) is 12.6 Å². The Morgan fingerprint density at radius 3 is 2.75 bits per heavy atom. The Labute approximate surface area is 121 Å². The molecule has 0 atom stereocenters. The fourth-order valence-electron chi connectivity index (χ4n) is 2.45. The summed E-state index contributed by atoms with van der Waals surface area (Å²) in [4.78, 5) is 14.4. The average molecular weight is 269 g/mol. The summed E-state index contributed by atoms with van der Waals surface area (Å²) in [6, 6.07) is 5.89. The minimum absolute atomic E-state index is 0.115. The smallest absolute Gasteiger partial charge is 0.302 e. The van der Waals surface area contributed by atoms with Crippen molar-refractivity contribution in [3.63, 3.8) is 0 Å². The highest BCUT2D eigenvalue weighted by molar-refractivity contribution is 6.33. The predicted molar refractivity (Wildman–Crippen MR) is 82.5 cm³/mol. The summed E-state index contributed by atoms with van der Waals surface area (Å²) >= 11 is 0. The van der Waals surface area contributed by atoms with Gasteiger partial charge in [0, 0.05) is 28.9 Å². The molecular weight excluding hydrogens is 249 g/mol. The van der Waals surface area contributed by atoms with Gasteiger partial charge in [0.2, 0.25) is 0 Å². The molecule has 0 spiro atoms. The number of hydrogen-bond donors (Lipinski definition) is 1. The molecule has 1 N–H and O–H groups in total. The van der Waals surface area contributed by atoms with E-state index in [9.17, 15) is 4.79 Å². The summed E-state index contributed by atoms with van der Waals surface area (Å²) < 4.78 is 5.16. The van der Waals surface area contributed by atoms with Crippen LogP contribution in [0.15, 0.2) is 18.2 Å². The lowest BCUT2D eigenvalue weighted by atomic mass is 9.84. The maximum absolute atomic E-state index is 11.0. The largest absolute Gasteiger partial charge is 0.465 e. The summed E-state index contributed by atoms with van der Waals surface area (Å²) in [5, 5.41) is 1.15. The van der Waals surface area contributed by atoms with Crippen LogP contribution in [0.2, 0.25) is 0 Å². The van der Waals surface area contributed by atoms with Gasteiger partial charge in [0.15, 0.2) is 0 Å². The molecule has 1 heterocycles. The van der Waals surface area contributed by atoms with E-state index in [-0.39, 0.29) is 11.4 Å². The summed E-state index contributed by atoms with van der Waals surface area (Å²) in [6.45, 7) is 8.11. The van der Waals surface area contributed by atoms with Crippen molar-refractivity contribution in [2.45, 2.75) is 34.1 Å². The van der Waals surface area contributed by atoms with Crippen LogP contribution in [-0.4, -0.2) is 25.4 Å². The van der Waals surface area contributed by atoms with Crippen LogP contribution in [0.4, 0.5) is 0 Å². The second-order valence-electron chi connectivity index (χ2n) is 6.15. The van der Waals surface area contributed by atoms with Gasteiger partial charge in [-0.15, -0.1) is 0 Å². The lowest BCUT2D eigenvalue weighted by Gasteiger charge is -2.24. The Morgan fingerprint density at radius 2 is 2.10 bits per heavy atom. The molecule has 2 rings (SSSR count). The van der Waals surface area contributed by atoms with Gasteiger partial charge in [-0.1, -0.05) is 31.4 Å². The number of H-pyrrole nitrogens is 1.